The van der Waals surface area contributed by atoms with Crippen LogP contribution in [0.5, 0.6) is 0 Å². The van der Waals surface area contributed by atoms with Gasteiger partial charge in [-0.25, -0.2) is 0 Å². The summed E-state index contributed by atoms with van der Waals surface area (Å²) in [5.74, 6) is 0.0780. The molecule has 0 saturated carbocycles. The number of piperazine rings is 1. The Kier molecular flexibility index (Phi) is 4.24. The van der Waals surface area contributed by atoms with Crippen molar-refractivity contribution in [3.63, 3.8) is 0 Å². The Morgan fingerprint density at radius 3 is 2.80 bits per heavy atom. The lowest BCUT2D eigenvalue weighted by Crippen LogP contribution is -2.50. The van der Waals surface area contributed by atoms with Crippen LogP contribution in [0.15, 0.2) is 11.4 Å². The van der Waals surface area contributed by atoms with Gasteiger partial charge in [-0.05, 0) is 24.3 Å². The zero-order valence-corrected chi connectivity index (χ0v) is 12.4. The highest BCUT2D eigenvalue weighted by Crippen LogP contribution is 2.22. The van der Waals surface area contributed by atoms with Gasteiger partial charge in [0.25, 0.3) is 5.91 Å². The largest absolute Gasteiger partial charge is 0.397 e. The molecule has 3 heterocycles. The number of thiophene rings is 1. The summed E-state index contributed by atoms with van der Waals surface area (Å²) in [5.41, 5.74) is 6.42. The van der Waals surface area contributed by atoms with E-state index in [2.05, 4.69) is 4.90 Å². The number of rotatable bonds is 3. The molecule has 0 aliphatic carbocycles. The molecule has 1 aromatic heterocycles. The highest BCUT2D eigenvalue weighted by molar-refractivity contribution is 7.12. The summed E-state index contributed by atoms with van der Waals surface area (Å²) in [7, 11) is 0. The highest BCUT2D eigenvalue weighted by atomic mass is 32.1. The fourth-order valence-electron chi connectivity index (χ4n) is 2.85. The van der Waals surface area contributed by atoms with Crippen LogP contribution in [0.3, 0.4) is 0 Å². The Morgan fingerprint density at radius 2 is 2.20 bits per heavy atom. The smallest absolute Gasteiger partial charge is 0.266 e. The van der Waals surface area contributed by atoms with Crippen molar-refractivity contribution in [2.45, 2.75) is 18.9 Å². The summed E-state index contributed by atoms with van der Waals surface area (Å²) in [4.78, 5) is 17.3. The van der Waals surface area contributed by atoms with Gasteiger partial charge < -0.3 is 15.4 Å². The molecule has 6 heteroatoms. The van der Waals surface area contributed by atoms with Gasteiger partial charge in [0.15, 0.2) is 0 Å². The number of nitrogens with two attached hydrogens (primary N) is 1. The van der Waals surface area contributed by atoms with Crippen LogP contribution in [0, 0.1) is 0 Å². The molecule has 2 fully saturated rings. The lowest BCUT2D eigenvalue weighted by Gasteiger charge is -2.35. The molecule has 0 radical (unpaired) electrons. The van der Waals surface area contributed by atoms with Crippen LogP contribution in [-0.2, 0) is 4.74 Å². The number of hydrogen-bond donors (Lipinski definition) is 1. The molecule has 0 spiro atoms. The van der Waals surface area contributed by atoms with Crippen LogP contribution in [-0.4, -0.2) is 61.1 Å². The third-order valence-electron chi connectivity index (χ3n) is 4.04. The molecule has 0 aromatic carbocycles. The Hall–Kier alpha value is -1.11. The van der Waals surface area contributed by atoms with E-state index in [0.717, 1.165) is 39.3 Å². The number of ether oxygens (including phenoxy) is 1. The van der Waals surface area contributed by atoms with Crippen molar-refractivity contribution >= 4 is 22.9 Å². The van der Waals surface area contributed by atoms with E-state index in [4.69, 9.17) is 10.5 Å². The number of nitrogen functional groups attached to an aromatic ring is 1. The molecule has 1 aromatic rings. The fourth-order valence-corrected chi connectivity index (χ4v) is 3.63. The molecule has 1 atom stereocenters. The molecular formula is C14H21N3O2S. The highest BCUT2D eigenvalue weighted by Gasteiger charge is 2.26. The maximum atomic E-state index is 12.3. The minimum absolute atomic E-state index is 0.0780. The molecular weight excluding hydrogens is 274 g/mol. The van der Waals surface area contributed by atoms with Gasteiger partial charge in [-0.2, -0.15) is 0 Å². The van der Waals surface area contributed by atoms with Crippen molar-refractivity contribution < 1.29 is 9.53 Å². The average Bonchev–Trinajstić information content (AvgIpc) is 3.10. The van der Waals surface area contributed by atoms with Crippen LogP contribution < -0.4 is 5.73 Å². The van der Waals surface area contributed by atoms with Gasteiger partial charge >= 0.3 is 0 Å². The molecule has 20 heavy (non-hydrogen) atoms. The van der Waals surface area contributed by atoms with Gasteiger partial charge in [-0.3, -0.25) is 9.69 Å². The molecule has 110 valence electrons. The van der Waals surface area contributed by atoms with Crippen LogP contribution >= 0.6 is 11.3 Å². The molecule has 3 rings (SSSR count). The zero-order chi connectivity index (χ0) is 13.9. The van der Waals surface area contributed by atoms with Gasteiger partial charge in [0.1, 0.15) is 4.88 Å². The number of carbonyl (C=O) groups is 1. The second-order valence-corrected chi connectivity index (χ2v) is 6.35. The van der Waals surface area contributed by atoms with Crippen molar-refractivity contribution in [1.82, 2.24) is 9.80 Å². The maximum absolute atomic E-state index is 12.3. The van der Waals surface area contributed by atoms with Gasteiger partial charge in [-0.1, -0.05) is 0 Å². The summed E-state index contributed by atoms with van der Waals surface area (Å²) in [6.45, 7) is 5.32. The van der Waals surface area contributed by atoms with E-state index in [1.165, 1.54) is 24.2 Å². The third-order valence-corrected chi connectivity index (χ3v) is 4.95. The van der Waals surface area contributed by atoms with Crippen LogP contribution in [0.1, 0.15) is 22.5 Å². The van der Waals surface area contributed by atoms with E-state index < -0.39 is 0 Å². The third kappa shape index (κ3) is 2.97. The number of amides is 1. The molecule has 2 saturated heterocycles. The van der Waals surface area contributed by atoms with Crippen molar-refractivity contribution in [2.24, 2.45) is 0 Å². The van der Waals surface area contributed by atoms with Crippen LogP contribution in [0.4, 0.5) is 5.69 Å². The monoisotopic (exact) mass is 295 g/mol. The zero-order valence-electron chi connectivity index (χ0n) is 11.6. The predicted octanol–water partition coefficient (Wildman–Crippen LogP) is 1.27. The summed E-state index contributed by atoms with van der Waals surface area (Å²) < 4.78 is 5.67. The summed E-state index contributed by atoms with van der Waals surface area (Å²) in [6.07, 6.45) is 2.75. The normalized spacial score (nSPS) is 24.2. The predicted molar refractivity (Wildman–Crippen MR) is 80.0 cm³/mol. The summed E-state index contributed by atoms with van der Waals surface area (Å²) in [6, 6.07) is 1.80. The van der Waals surface area contributed by atoms with Crippen LogP contribution in [0.2, 0.25) is 0 Å². The fraction of sp³-hybridized carbons (Fsp3) is 0.643. The quantitative estimate of drug-likeness (QED) is 0.912. The minimum atomic E-state index is 0.0780. The molecule has 1 amide bonds. The molecule has 2 aliphatic heterocycles. The van der Waals surface area contributed by atoms with Gasteiger partial charge in [0, 0.05) is 39.3 Å². The molecule has 0 bridgehead atoms. The minimum Gasteiger partial charge on any atom is -0.397 e. The van der Waals surface area contributed by atoms with E-state index >= 15 is 0 Å². The standard InChI is InChI=1S/C14H21N3O2S/c15-12-3-9-20-13(12)14(18)17-6-4-16(5-7-17)10-11-2-1-8-19-11/h3,9,11H,1-2,4-8,10,15H2. The molecule has 2 aliphatic rings. The Labute approximate surface area is 123 Å². The first-order valence-electron chi connectivity index (χ1n) is 7.20. The first-order chi connectivity index (χ1) is 9.74. The summed E-state index contributed by atoms with van der Waals surface area (Å²) >= 11 is 1.43. The second-order valence-electron chi connectivity index (χ2n) is 5.43. The number of carbonyl (C=O) groups excluding carboxylic acids is 1. The first-order valence-corrected chi connectivity index (χ1v) is 8.08. The van der Waals surface area contributed by atoms with E-state index in [1.54, 1.807) is 6.07 Å². The molecule has 1 unspecified atom stereocenters. The second kappa shape index (κ2) is 6.11. The first kappa shape index (κ1) is 13.9. The number of nitrogens with zero attached hydrogens (tertiary/aromatic N) is 2. The number of anilines is 1. The Balaban J connectivity index is 1.50. The van der Waals surface area contributed by atoms with Crippen LogP contribution in [0.25, 0.3) is 0 Å². The van der Waals surface area contributed by atoms with E-state index in [-0.39, 0.29) is 5.91 Å². The lowest BCUT2D eigenvalue weighted by atomic mass is 10.2. The maximum Gasteiger partial charge on any atom is 0.266 e. The summed E-state index contributed by atoms with van der Waals surface area (Å²) in [5, 5.41) is 1.87. The molecule has 5 nitrogen and oxygen atoms in total. The van der Waals surface area contributed by atoms with E-state index in [0.29, 0.717) is 16.7 Å². The van der Waals surface area contributed by atoms with Crippen molar-refractivity contribution in [1.29, 1.82) is 0 Å². The number of hydrogen-bond acceptors (Lipinski definition) is 5. The van der Waals surface area contributed by atoms with Gasteiger partial charge in [-0.15, -0.1) is 11.3 Å². The van der Waals surface area contributed by atoms with Gasteiger partial charge in [0.05, 0.1) is 11.8 Å². The van der Waals surface area contributed by atoms with Crippen molar-refractivity contribution in [3.05, 3.63) is 16.3 Å². The topological polar surface area (TPSA) is 58.8 Å². The Bertz CT molecular complexity index is 463. The molecule has 2 N–H and O–H groups in total. The van der Waals surface area contributed by atoms with Crippen molar-refractivity contribution in [3.8, 4) is 0 Å². The average molecular weight is 295 g/mol. The van der Waals surface area contributed by atoms with E-state index in [1.807, 2.05) is 10.3 Å². The lowest BCUT2D eigenvalue weighted by molar-refractivity contribution is 0.0435. The van der Waals surface area contributed by atoms with Crippen molar-refractivity contribution in [2.75, 3.05) is 45.1 Å². The van der Waals surface area contributed by atoms with E-state index in [9.17, 15) is 4.79 Å². The SMILES string of the molecule is Nc1ccsc1C(=O)N1CCN(CC2CCCO2)CC1. The Morgan fingerprint density at radius 1 is 1.40 bits per heavy atom. The van der Waals surface area contributed by atoms with Gasteiger partial charge in [0.2, 0.25) is 0 Å².